The Morgan fingerprint density at radius 1 is 1.60 bits per heavy atom. The Balaban J connectivity index is 2.40. The second-order valence-corrected chi connectivity index (χ2v) is 3.79. The molecule has 1 heterocycles. The van der Waals surface area contributed by atoms with Gasteiger partial charge < -0.3 is 15.1 Å². The summed E-state index contributed by atoms with van der Waals surface area (Å²) in [4.78, 5) is 13.0. The Labute approximate surface area is 92.2 Å². The highest BCUT2D eigenvalue weighted by Crippen LogP contribution is 2.15. The molecule has 0 unspecified atom stereocenters. The first-order chi connectivity index (χ1) is 7.17. The van der Waals surface area contributed by atoms with E-state index in [1.807, 2.05) is 6.92 Å². The maximum atomic E-state index is 11.4. The number of nitrogens with two attached hydrogens (primary N) is 1. The lowest BCUT2D eigenvalue weighted by atomic mass is 10.5. The first kappa shape index (κ1) is 12.0. The lowest BCUT2D eigenvalue weighted by molar-refractivity contribution is -0.126. The van der Waals surface area contributed by atoms with Crippen molar-refractivity contribution in [3.63, 3.8) is 0 Å². The second kappa shape index (κ2) is 5.72. The minimum atomic E-state index is 0.0370. The number of carbonyl (C=O) groups is 1. The van der Waals surface area contributed by atoms with Crippen LogP contribution in [0.5, 0.6) is 0 Å². The molecule has 0 atom stereocenters. The maximum absolute atomic E-state index is 11.4. The predicted octanol–water partition coefficient (Wildman–Crippen LogP) is 0.0987. The summed E-state index contributed by atoms with van der Waals surface area (Å²) in [5.41, 5.74) is 5.31. The lowest BCUT2D eigenvalue weighted by Gasteiger charge is -2.12. The fraction of sp³-hybridized carbons (Fsp3) is 0.625. The molecule has 0 spiro atoms. The molecule has 1 rings (SSSR count). The van der Waals surface area contributed by atoms with Crippen LogP contribution >= 0.6 is 11.8 Å². The number of thioether (sulfide) groups is 1. The van der Waals surface area contributed by atoms with Gasteiger partial charge in [0.05, 0.1) is 12.3 Å². The number of nitrogens with zero attached hydrogens (tertiary/aromatic N) is 3. The molecule has 1 aromatic heterocycles. The summed E-state index contributed by atoms with van der Waals surface area (Å²) in [5.74, 6) is 0.722. The van der Waals surface area contributed by atoms with Crippen LogP contribution in [0.25, 0.3) is 0 Å². The molecule has 2 N–H and O–H groups in total. The summed E-state index contributed by atoms with van der Waals surface area (Å²) < 4.78 is 5.14. The van der Waals surface area contributed by atoms with Gasteiger partial charge in [-0.05, 0) is 6.92 Å². The van der Waals surface area contributed by atoms with E-state index >= 15 is 0 Å². The first-order valence-corrected chi connectivity index (χ1v) is 5.55. The fourth-order valence-corrected chi connectivity index (χ4v) is 1.51. The van der Waals surface area contributed by atoms with Gasteiger partial charge in [-0.15, -0.1) is 10.2 Å². The molecule has 0 aliphatic rings. The van der Waals surface area contributed by atoms with Crippen LogP contribution in [-0.4, -0.2) is 40.3 Å². The smallest absolute Gasteiger partial charge is 0.277 e. The summed E-state index contributed by atoms with van der Waals surface area (Å²) in [6.45, 7) is 2.83. The number of hydrogen-bond donors (Lipinski definition) is 1. The fourth-order valence-electron chi connectivity index (χ4n) is 0.789. The zero-order valence-electron chi connectivity index (χ0n) is 8.77. The molecule has 0 fully saturated rings. The van der Waals surface area contributed by atoms with Crippen LogP contribution in [0, 0.1) is 0 Å². The Bertz CT molecular complexity index is 328. The van der Waals surface area contributed by atoms with Crippen molar-refractivity contribution in [1.82, 2.24) is 15.1 Å². The Morgan fingerprint density at radius 3 is 2.87 bits per heavy atom. The highest BCUT2D eigenvalue weighted by Gasteiger charge is 2.10. The summed E-state index contributed by atoms with van der Waals surface area (Å²) in [7, 11) is 1.75. The molecule has 0 aliphatic carbocycles. The van der Waals surface area contributed by atoms with Crippen LogP contribution < -0.4 is 5.73 Å². The quantitative estimate of drug-likeness (QED) is 0.722. The zero-order chi connectivity index (χ0) is 11.3. The Morgan fingerprint density at radius 2 is 2.33 bits per heavy atom. The molecule has 1 aromatic rings. The van der Waals surface area contributed by atoms with Crippen LogP contribution in [0.3, 0.4) is 0 Å². The van der Waals surface area contributed by atoms with Gasteiger partial charge in [0.2, 0.25) is 11.8 Å². The molecule has 0 bridgehead atoms. The molecule has 0 saturated heterocycles. The third-order valence-electron chi connectivity index (χ3n) is 1.84. The van der Waals surface area contributed by atoms with Crippen molar-refractivity contribution in [2.45, 2.75) is 18.7 Å². The number of aromatic nitrogens is 2. The van der Waals surface area contributed by atoms with Gasteiger partial charge >= 0.3 is 0 Å². The third-order valence-corrected chi connectivity index (χ3v) is 2.65. The van der Waals surface area contributed by atoms with Crippen molar-refractivity contribution in [2.75, 3.05) is 19.3 Å². The van der Waals surface area contributed by atoms with E-state index in [2.05, 4.69) is 10.2 Å². The monoisotopic (exact) mass is 230 g/mol. The second-order valence-electron chi connectivity index (χ2n) is 2.86. The van der Waals surface area contributed by atoms with Gasteiger partial charge in [0.1, 0.15) is 0 Å². The maximum Gasteiger partial charge on any atom is 0.277 e. The molecule has 1 amide bonds. The Hall–Kier alpha value is -1.08. The van der Waals surface area contributed by atoms with Crippen molar-refractivity contribution in [3.05, 3.63) is 5.89 Å². The van der Waals surface area contributed by atoms with Gasteiger partial charge in [0.25, 0.3) is 5.22 Å². The van der Waals surface area contributed by atoms with E-state index in [0.717, 1.165) is 0 Å². The number of carbonyl (C=O) groups excluding carboxylic acids is 1. The van der Waals surface area contributed by atoms with E-state index < -0.39 is 0 Å². The Kier molecular flexibility index (Phi) is 4.57. The van der Waals surface area contributed by atoms with Crippen molar-refractivity contribution < 1.29 is 9.21 Å². The highest BCUT2D eigenvalue weighted by molar-refractivity contribution is 7.99. The largest absolute Gasteiger partial charge is 0.415 e. The average Bonchev–Trinajstić information content (AvgIpc) is 2.72. The summed E-state index contributed by atoms with van der Waals surface area (Å²) in [5, 5.41) is 7.81. The van der Waals surface area contributed by atoms with E-state index in [1.54, 1.807) is 11.9 Å². The molecule has 0 aliphatic heterocycles. The molecular formula is C8H14N4O2S. The number of rotatable bonds is 5. The molecule has 0 radical (unpaired) electrons. The summed E-state index contributed by atoms with van der Waals surface area (Å²) >= 11 is 1.22. The summed E-state index contributed by atoms with van der Waals surface area (Å²) in [6.07, 6.45) is 0. The normalized spacial score (nSPS) is 10.3. The minimum Gasteiger partial charge on any atom is -0.415 e. The number of hydrogen-bond acceptors (Lipinski definition) is 6. The van der Waals surface area contributed by atoms with Crippen molar-refractivity contribution in [3.8, 4) is 0 Å². The van der Waals surface area contributed by atoms with Gasteiger partial charge in [0.15, 0.2) is 0 Å². The first-order valence-electron chi connectivity index (χ1n) is 4.56. The van der Waals surface area contributed by atoms with Gasteiger partial charge in [-0.2, -0.15) is 0 Å². The molecule has 15 heavy (non-hydrogen) atoms. The van der Waals surface area contributed by atoms with Crippen LogP contribution in [0.15, 0.2) is 9.64 Å². The molecule has 0 aromatic carbocycles. The van der Waals surface area contributed by atoms with E-state index in [1.165, 1.54) is 11.8 Å². The van der Waals surface area contributed by atoms with Gasteiger partial charge in [-0.1, -0.05) is 11.8 Å². The van der Waals surface area contributed by atoms with Gasteiger partial charge in [-0.25, -0.2) is 0 Å². The number of amides is 1. The van der Waals surface area contributed by atoms with Crippen LogP contribution in [-0.2, 0) is 11.3 Å². The van der Waals surface area contributed by atoms with Crippen LogP contribution in [0.4, 0.5) is 0 Å². The summed E-state index contributed by atoms with van der Waals surface area (Å²) in [6, 6.07) is 0. The topological polar surface area (TPSA) is 85.2 Å². The van der Waals surface area contributed by atoms with Crippen LogP contribution in [0.2, 0.25) is 0 Å². The third kappa shape index (κ3) is 3.52. The minimum absolute atomic E-state index is 0.0370. The lowest BCUT2D eigenvalue weighted by Crippen LogP contribution is -2.27. The molecule has 7 heteroatoms. The average molecular weight is 230 g/mol. The van der Waals surface area contributed by atoms with Gasteiger partial charge in [-0.3, -0.25) is 4.79 Å². The van der Waals surface area contributed by atoms with E-state index in [-0.39, 0.29) is 12.5 Å². The molecular weight excluding hydrogens is 216 g/mol. The standard InChI is InChI=1S/C8H14N4O2S/c1-3-12(2)7(13)5-15-8-11-10-6(4-9)14-8/h3-5,9H2,1-2H3. The van der Waals surface area contributed by atoms with E-state index in [9.17, 15) is 4.79 Å². The SMILES string of the molecule is CCN(C)C(=O)CSc1nnc(CN)o1. The highest BCUT2D eigenvalue weighted by atomic mass is 32.2. The van der Waals surface area contributed by atoms with Gasteiger partial charge in [0, 0.05) is 13.6 Å². The van der Waals surface area contributed by atoms with Crippen LogP contribution in [0.1, 0.15) is 12.8 Å². The predicted molar refractivity (Wildman–Crippen MR) is 56.2 cm³/mol. The van der Waals surface area contributed by atoms with E-state index in [4.69, 9.17) is 10.2 Å². The molecule has 84 valence electrons. The van der Waals surface area contributed by atoms with E-state index in [0.29, 0.717) is 23.4 Å². The molecule has 0 saturated carbocycles. The zero-order valence-corrected chi connectivity index (χ0v) is 9.58. The molecule has 6 nitrogen and oxygen atoms in total. The van der Waals surface area contributed by atoms with Crippen molar-refractivity contribution in [2.24, 2.45) is 5.73 Å². The van der Waals surface area contributed by atoms with Crippen molar-refractivity contribution in [1.29, 1.82) is 0 Å². The van der Waals surface area contributed by atoms with Crippen molar-refractivity contribution >= 4 is 17.7 Å².